The van der Waals surface area contributed by atoms with Gasteiger partial charge in [-0.25, -0.2) is 0 Å². The summed E-state index contributed by atoms with van der Waals surface area (Å²) >= 11 is 0. The van der Waals surface area contributed by atoms with Crippen LogP contribution in [0, 0.1) is 0 Å². The van der Waals surface area contributed by atoms with E-state index >= 15 is 0 Å². The van der Waals surface area contributed by atoms with Gasteiger partial charge < -0.3 is 15.4 Å². The van der Waals surface area contributed by atoms with E-state index in [1.165, 1.54) is 6.92 Å². The lowest BCUT2D eigenvalue weighted by Crippen LogP contribution is -2.30. The molecule has 1 atom stereocenters. The number of rotatable bonds is 6. The van der Waals surface area contributed by atoms with E-state index in [1.807, 2.05) is 24.3 Å². The third-order valence-corrected chi connectivity index (χ3v) is 3.69. The van der Waals surface area contributed by atoms with Gasteiger partial charge in [-0.15, -0.1) is 0 Å². The van der Waals surface area contributed by atoms with Crippen LogP contribution >= 0.6 is 0 Å². The number of nitrogens with one attached hydrogen (secondary N) is 2. The highest BCUT2D eigenvalue weighted by Gasteiger charge is 2.17. The van der Waals surface area contributed by atoms with Crippen molar-refractivity contribution < 1.29 is 14.3 Å². The molecule has 0 radical (unpaired) electrons. The highest BCUT2D eigenvalue weighted by atomic mass is 16.5. The van der Waals surface area contributed by atoms with E-state index in [0.29, 0.717) is 17.3 Å². The lowest BCUT2D eigenvalue weighted by Gasteiger charge is -2.18. The Kier molecular flexibility index (Phi) is 6.17. The monoisotopic (exact) mass is 340 g/mol. The highest BCUT2D eigenvalue weighted by molar-refractivity contribution is 5.94. The molecule has 132 valence electrons. The summed E-state index contributed by atoms with van der Waals surface area (Å²) in [7, 11) is 0. The molecule has 0 aromatic heterocycles. The Morgan fingerprint density at radius 2 is 1.44 bits per heavy atom. The Labute approximate surface area is 148 Å². The molecule has 0 aliphatic carbocycles. The molecule has 0 saturated carbocycles. The molecular formula is C20H24N2O3. The number of amides is 2. The van der Waals surface area contributed by atoms with Crippen molar-refractivity contribution in [2.45, 2.75) is 39.7 Å². The molecule has 5 nitrogen and oxygen atoms in total. The lowest BCUT2D eigenvalue weighted by molar-refractivity contribution is -0.122. The van der Waals surface area contributed by atoms with Gasteiger partial charge in [-0.2, -0.15) is 0 Å². The predicted molar refractivity (Wildman–Crippen MR) is 100.0 cm³/mol. The molecule has 0 unspecified atom stereocenters. The van der Waals surface area contributed by atoms with Crippen LogP contribution in [0.15, 0.2) is 48.5 Å². The summed E-state index contributed by atoms with van der Waals surface area (Å²) in [6.07, 6.45) is -0.630. The molecule has 25 heavy (non-hydrogen) atoms. The van der Waals surface area contributed by atoms with Gasteiger partial charge in [0, 0.05) is 18.3 Å². The van der Waals surface area contributed by atoms with Crippen LogP contribution in [-0.4, -0.2) is 17.9 Å². The molecule has 0 aliphatic heterocycles. The summed E-state index contributed by atoms with van der Waals surface area (Å²) in [6, 6.07) is 14.7. The van der Waals surface area contributed by atoms with Crippen LogP contribution < -0.4 is 15.4 Å². The number of carbonyl (C=O) groups excluding carboxylic acids is 2. The summed E-state index contributed by atoms with van der Waals surface area (Å²) < 4.78 is 5.85. The summed E-state index contributed by atoms with van der Waals surface area (Å²) in [5.41, 5.74) is 2.40. The number of hydrogen-bond donors (Lipinski definition) is 2. The van der Waals surface area contributed by atoms with Gasteiger partial charge in [0.05, 0.1) is 0 Å². The number of anilines is 2. The van der Waals surface area contributed by atoms with Crippen molar-refractivity contribution in [3.63, 3.8) is 0 Å². The van der Waals surface area contributed by atoms with Crippen LogP contribution in [0.5, 0.6) is 5.75 Å². The van der Waals surface area contributed by atoms with Crippen LogP contribution in [0.1, 0.15) is 39.2 Å². The molecule has 2 rings (SSSR count). The topological polar surface area (TPSA) is 67.4 Å². The number of carbonyl (C=O) groups is 2. The van der Waals surface area contributed by atoms with Gasteiger partial charge in [-0.3, -0.25) is 9.59 Å². The maximum atomic E-state index is 12.4. The molecule has 0 heterocycles. The van der Waals surface area contributed by atoms with E-state index in [2.05, 4.69) is 24.5 Å². The van der Waals surface area contributed by atoms with Crippen LogP contribution in [0.25, 0.3) is 0 Å². The van der Waals surface area contributed by atoms with E-state index in [0.717, 1.165) is 11.3 Å². The minimum Gasteiger partial charge on any atom is -0.481 e. The van der Waals surface area contributed by atoms with E-state index in [4.69, 9.17) is 4.74 Å². The SMILES string of the molecule is CC(=O)Nc1ccc(NC(=O)[C@@H](C)Oc2ccccc2C(C)C)cc1. The average Bonchev–Trinajstić information content (AvgIpc) is 2.56. The molecule has 0 bridgehead atoms. The van der Waals surface area contributed by atoms with Gasteiger partial charge in [-0.05, 0) is 48.7 Å². The first-order chi connectivity index (χ1) is 11.9. The van der Waals surface area contributed by atoms with Crippen molar-refractivity contribution in [1.29, 1.82) is 0 Å². The first-order valence-electron chi connectivity index (χ1n) is 8.31. The zero-order valence-electron chi connectivity index (χ0n) is 15.0. The van der Waals surface area contributed by atoms with E-state index in [1.54, 1.807) is 31.2 Å². The third kappa shape index (κ3) is 5.35. The molecule has 0 fully saturated rings. The number of hydrogen-bond acceptors (Lipinski definition) is 3. The molecular weight excluding hydrogens is 316 g/mol. The molecule has 2 aromatic carbocycles. The Bertz CT molecular complexity index is 739. The van der Waals surface area contributed by atoms with Gasteiger partial charge in [0.15, 0.2) is 6.10 Å². The van der Waals surface area contributed by atoms with Crippen LogP contribution in [0.4, 0.5) is 11.4 Å². The zero-order chi connectivity index (χ0) is 18.4. The Balaban J connectivity index is 2.00. The number of ether oxygens (including phenoxy) is 1. The summed E-state index contributed by atoms with van der Waals surface area (Å²) in [5, 5.41) is 5.50. The maximum Gasteiger partial charge on any atom is 0.265 e. The summed E-state index contributed by atoms with van der Waals surface area (Å²) in [5.74, 6) is 0.669. The standard InChI is InChI=1S/C20H24N2O3/c1-13(2)18-7-5-6-8-19(18)25-14(3)20(24)22-17-11-9-16(10-12-17)21-15(4)23/h5-14H,1-4H3,(H,21,23)(H,22,24)/t14-/m1/s1. The molecule has 0 spiro atoms. The van der Waals surface area contributed by atoms with Crippen molar-refractivity contribution >= 4 is 23.2 Å². The zero-order valence-corrected chi connectivity index (χ0v) is 15.0. The Hall–Kier alpha value is -2.82. The maximum absolute atomic E-state index is 12.4. The Morgan fingerprint density at radius 3 is 2.00 bits per heavy atom. The van der Waals surface area contributed by atoms with E-state index in [9.17, 15) is 9.59 Å². The summed E-state index contributed by atoms with van der Waals surface area (Å²) in [4.78, 5) is 23.4. The van der Waals surface area contributed by atoms with E-state index in [-0.39, 0.29) is 11.8 Å². The smallest absolute Gasteiger partial charge is 0.265 e. The minimum absolute atomic E-state index is 0.136. The molecule has 5 heteroatoms. The second-order valence-electron chi connectivity index (χ2n) is 6.20. The third-order valence-electron chi connectivity index (χ3n) is 3.69. The first-order valence-corrected chi connectivity index (χ1v) is 8.31. The van der Waals surface area contributed by atoms with Crippen molar-refractivity contribution in [2.24, 2.45) is 0 Å². The fourth-order valence-corrected chi connectivity index (χ4v) is 2.39. The van der Waals surface area contributed by atoms with Crippen LogP contribution in [0.2, 0.25) is 0 Å². The van der Waals surface area contributed by atoms with Gasteiger partial charge in [0.25, 0.3) is 5.91 Å². The molecule has 0 aliphatic rings. The van der Waals surface area contributed by atoms with E-state index < -0.39 is 6.10 Å². The number of benzene rings is 2. The van der Waals surface area contributed by atoms with Gasteiger partial charge in [-0.1, -0.05) is 32.0 Å². The molecule has 2 N–H and O–H groups in total. The largest absolute Gasteiger partial charge is 0.481 e. The van der Waals surface area contributed by atoms with Crippen LogP contribution in [-0.2, 0) is 9.59 Å². The van der Waals surface area contributed by atoms with Crippen LogP contribution in [0.3, 0.4) is 0 Å². The molecule has 2 aromatic rings. The fourth-order valence-electron chi connectivity index (χ4n) is 2.39. The van der Waals surface area contributed by atoms with Crippen molar-refractivity contribution in [3.8, 4) is 5.75 Å². The minimum atomic E-state index is -0.630. The first kappa shape index (κ1) is 18.5. The second-order valence-corrected chi connectivity index (χ2v) is 6.20. The van der Waals surface area contributed by atoms with Crippen molar-refractivity contribution in [3.05, 3.63) is 54.1 Å². The predicted octanol–water partition coefficient (Wildman–Crippen LogP) is 4.17. The average molecular weight is 340 g/mol. The fraction of sp³-hybridized carbons (Fsp3) is 0.300. The normalized spacial score (nSPS) is 11.7. The summed E-state index contributed by atoms with van der Waals surface area (Å²) in [6.45, 7) is 7.34. The van der Waals surface area contributed by atoms with Gasteiger partial charge >= 0.3 is 0 Å². The highest BCUT2D eigenvalue weighted by Crippen LogP contribution is 2.27. The molecule has 2 amide bonds. The molecule has 0 saturated heterocycles. The van der Waals surface area contributed by atoms with Gasteiger partial charge in [0.1, 0.15) is 5.75 Å². The van der Waals surface area contributed by atoms with Crippen molar-refractivity contribution in [1.82, 2.24) is 0 Å². The number of para-hydroxylation sites is 1. The van der Waals surface area contributed by atoms with Gasteiger partial charge in [0.2, 0.25) is 5.91 Å². The lowest BCUT2D eigenvalue weighted by atomic mass is 10.0. The Morgan fingerprint density at radius 1 is 0.880 bits per heavy atom. The second kappa shape index (κ2) is 8.33. The quantitative estimate of drug-likeness (QED) is 0.829. The van der Waals surface area contributed by atoms with Crippen molar-refractivity contribution in [2.75, 3.05) is 10.6 Å².